The molecule has 1 rings (SSSR count). The van der Waals surface area contributed by atoms with E-state index in [2.05, 4.69) is 0 Å². The molecule has 2 nitrogen and oxygen atoms in total. The highest BCUT2D eigenvalue weighted by atomic mass is 16.3. The van der Waals surface area contributed by atoms with Crippen molar-refractivity contribution in [3.05, 3.63) is 35.4 Å². The fraction of sp³-hybridized carbons (Fsp3) is 0.400. The molecule has 0 saturated carbocycles. The van der Waals surface area contributed by atoms with Gasteiger partial charge in [-0.15, -0.1) is 0 Å². The number of nitrogens with two attached hydrogens (primary N) is 1. The van der Waals surface area contributed by atoms with Crippen molar-refractivity contribution in [3.63, 3.8) is 0 Å². The lowest BCUT2D eigenvalue weighted by Crippen LogP contribution is -2.11. The summed E-state index contributed by atoms with van der Waals surface area (Å²) in [6.07, 6.45) is 0.628. The number of rotatable bonds is 3. The van der Waals surface area contributed by atoms with Crippen LogP contribution in [0.15, 0.2) is 24.3 Å². The molecule has 1 unspecified atom stereocenters. The number of aliphatic hydroxyl groups is 1. The molecule has 0 bridgehead atoms. The summed E-state index contributed by atoms with van der Waals surface area (Å²) >= 11 is 0. The molecule has 0 aliphatic carbocycles. The maximum atomic E-state index is 8.67. The second-order valence-corrected chi connectivity index (χ2v) is 3.03. The van der Waals surface area contributed by atoms with Crippen molar-refractivity contribution in [1.29, 1.82) is 0 Å². The predicted octanol–water partition coefficient (Wildman–Crippen LogP) is 1.38. The van der Waals surface area contributed by atoms with Gasteiger partial charge in [-0.05, 0) is 18.9 Å². The van der Waals surface area contributed by atoms with Crippen molar-refractivity contribution >= 4 is 0 Å². The zero-order valence-electron chi connectivity index (χ0n) is 7.33. The molecule has 0 aliphatic heterocycles. The maximum Gasteiger partial charge on any atom is 0.0449 e. The van der Waals surface area contributed by atoms with Gasteiger partial charge in [0.1, 0.15) is 0 Å². The standard InChI is InChI=1S/C10H15NO/c1-8-2-4-9(5-3-8)10(11)6-7-12/h2-5,10,12H,6-7,11H2,1H3. The highest BCUT2D eigenvalue weighted by molar-refractivity contribution is 5.23. The lowest BCUT2D eigenvalue weighted by molar-refractivity contribution is 0.276. The van der Waals surface area contributed by atoms with Crippen molar-refractivity contribution in [2.24, 2.45) is 5.73 Å². The molecule has 3 N–H and O–H groups in total. The van der Waals surface area contributed by atoms with Gasteiger partial charge in [0.2, 0.25) is 0 Å². The minimum Gasteiger partial charge on any atom is -0.396 e. The Hall–Kier alpha value is -0.860. The van der Waals surface area contributed by atoms with Crippen LogP contribution >= 0.6 is 0 Å². The third-order valence-electron chi connectivity index (χ3n) is 1.95. The molecular formula is C10H15NO. The van der Waals surface area contributed by atoms with Gasteiger partial charge in [-0.2, -0.15) is 0 Å². The van der Waals surface area contributed by atoms with Crippen LogP contribution in [-0.2, 0) is 0 Å². The van der Waals surface area contributed by atoms with Gasteiger partial charge in [0, 0.05) is 12.6 Å². The molecule has 1 aromatic carbocycles. The van der Waals surface area contributed by atoms with Gasteiger partial charge in [-0.25, -0.2) is 0 Å². The number of aliphatic hydroxyl groups excluding tert-OH is 1. The smallest absolute Gasteiger partial charge is 0.0449 e. The second kappa shape index (κ2) is 4.24. The maximum absolute atomic E-state index is 8.67. The van der Waals surface area contributed by atoms with E-state index in [4.69, 9.17) is 10.8 Å². The third kappa shape index (κ3) is 2.32. The summed E-state index contributed by atoms with van der Waals surface area (Å²) in [6.45, 7) is 2.19. The van der Waals surface area contributed by atoms with Gasteiger partial charge in [-0.1, -0.05) is 29.8 Å². The predicted molar refractivity (Wildman–Crippen MR) is 49.8 cm³/mol. The first-order chi connectivity index (χ1) is 5.74. The average molecular weight is 165 g/mol. The van der Waals surface area contributed by atoms with Gasteiger partial charge >= 0.3 is 0 Å². The zero-order valence-corrected chi connectivity index (χ0v) is 7.33. The van der Waals surface area contributed by atoms with E-state index in [1.165, 1.54) is 5.56 Å². The molecule has 2 heteroatoms. The van der Waals surface area contributed by atoms with Gasteiger partial charge < -0.3 is 10.8 Å². The molecule has 66 valence electrons. The fourth-order valence-electron chi connectivity index (χ4n) is 1.12. The summed E-state index contributed by atoms with van der Waals surface area (Å²) in [4.78, 5) is 0. The summed E-state index contributed by atoms with van der Waals surface area (Å²) in [5.41, 5.74) is 8.12. The van der Waals surface area contributed by atoms with Crippen LogP contribution in [0.4, 0.5) is 0 Å². The van der Waals surface area contributed by atoms with Crippen LogP contribution in [0.2, 0.25) is 0 Å². The summed E-state index contributed by atoms with van der Waals surface area (Å²) < 4.78 is 0. The van der Waals surface area contributed by atoms with Crippen LogP contribution in [0.3, 0.4) is 0 Å². The van der Waals surface area contributed by atoms with E-state index in [1.807, 2.05) is 31.2 Å². The van der Waals surface area contributed by atoms with Crippen molar-refractivity contribution in [2.45, 2.75) is 19.4 Å². The third-order valence-corrected chi connectivity index (χ3v) is 1.95. The quantitative estimate of drug-likeness (QED) is 0.710. The summed E-state index contributed by atoms with van der Waals surface area (Å²) in [5.74, 6) is 0. The first-order valence-corrected chi connectivity index (χ1v) is 4.17. The molecule has 0 radical (unpaired) electrons. The molecule has 0 aliphatic rings. The van der Waals surface area contributed by atoms with Gasteiger partial charge in [0.25, 0.3) is 0 Å². The molecule has 1 aromatic rings. The van der Waals surface area contributed by atoms with Crippen molar-refractivity contribution < 1.29 is 5.11 Å². The highest BCUT2D eigenvalue weighted by Crippen LogP contribution is 2.13. The topological polar surface area (TPSA) is 46.2 Å². The Morgan fingerprint density at radius 3 is 2.42 bits per heavy atom. The lowest BCUT2D eigenvalue weighted by atomic mass is 10.0. The van der Waals surface area contributed by atoms with E-state index in [-0.39, 0.29) is 12.6 Å². The first kappa shape index (κ1) is 9.23. The molecule has 0 aromatic heterocycles. The Balaban J connectivity index is 2.68. The average Bonchev–Trinajstić information content (AvgIpc) is 2.06. The monoisotopic (exact) mass is 165 g/mol. The number of aryl methyl sites for hydroxylation is 1. The van der Waals surface area contributed by atoms with E-state index in [1.54, 1.807) is 0 Å². The Morgan fingerprint density at radius 1 is 1.33 bits per heavy atom. The Bertz CT molecular complexity index is 230. The molecule has 0 heterocycles. The second-order valence-electron chi connectivity index (χ2n) is 3.03. The van der Waals surface area contributed by atoms with Crippen molar-refractivity contribution in [2.75, 3.05) is 6.61 Å². The minimum absolute atomic E-state index is 0.0319. The summed E-state index contributed by atoms with van der Waals surface area (Å²) in [5, 5.41) is 8.67. The minimum atomic E-state index is -0.0319. The van der Waals surface area contributed by atoms with Crippen LogP contribution in [0, 0.1) is 6.92 Å². The molecule has 12 heavy (non-hydrogen) atoms. The number of hydrogen-bond acceptors (Lipinski definition) is 2. The van der Waals surface area contributed by atoms with E-state index >= 15 is 0 Å². The van der Waals surface area contributed by atoms with Gasteiger partial charge in [0.15, 0.2) is 0 Å². The highest BCUT2D eigenvalue weighted by Gasteiger charge is 2.03. The fourth-order valence-corrected chi connectivity index (χ4v) is 1.12. The van der Waals surface area contributed by atoms with Crippen LogP contribution < -0.4 is 5.73 Å². The molecule has 1 atom stereocenters. The Labute approximate surface area is 73.0 Å². The number of hydrogen-bond donors (Lipinski definition) is 2. The number of benzene rings is 1. The van der Waals surface area contributed by atoms with E-state index < -0.39 is 0 Å². The largest absolute Gasteiger partial charge is 0.396 e. The van der Waals surface area contributed by atoms with Crippen LogP contribution in [0.5, 0.6) is 0 Å². The van der Waals surface area contributed by atoms with Crippen LogP contribution in [0.1, 0.15) is 23.6 Å². The molecule has 0 amide bonds. The van der Waals surface area contributed by atoms with Crippen LogP contribution in [0.25, 0.3) is 0 Å². The van der Waals surface area contributed by atoms with E-state index in [9.17, 15) is 0 Å². The molecule has 0 saturated heterocycles. The lowest BCUT2D eigenvalue weighted by Gasteiger charge is -2.09. The summed E-state index contributed by atoms with van der Waals surface area (Å²) in [6, 6.07) is 8.06. The molecule has 0 spiro atoms. The molecular weight excluding hydrogens is 150 g/mol. The normalized spacial score (nSPS) is 12.9. The Morgan fingerprint density at radius 2 is 1.92 bits per heavy atom. The molecule has 0 fully saturated rings. The SMILES string of the molecule is Cc1ccc(C(N)CCO)cc1. The van der Waals surface area contributed by atoms with Gasteiger partial charge in [0.05, 0.1) is 0 Å². The zero-order chi connectivity index (χ0) is 8.97. The van der Waals surface area contributed by atoms with Crippen molar-refractivity contribution in [3.8, 4) is 0 Å². The van der Waals surface area contributed by atoms with Gasteiger partial charge in [-0.3, -0.25) is 0 Å². The van der Waals surface area contributed by atoms with E-state index in [0.717, 1.165) is 5.56 Å². The van der Waals surface area contributed by atoms with Crippen LogP contribution in [-0.4, -0.2) is 11.7 Å². The first-order valence-electron chi connectivity index (χ1n) is 4.17. The Kier molecular flexibility index (Phi) is 3.26. The van der Waals surface area contributed by atoms with E-state index in [0.29, 0.717) is 6.42 Å². The summed E-state index contributed by atoms with van der Waals surface area (Å²) in [7, 11) is 0. The van der Waals surface area contributed by atoms with Crippen molar-refractivity contribution in [1.82, 2.24) is 0 Å².